The molecule has 1 fully saturated rings. The molecule has 1 aliphatic rings. The quantitative estimate of drug-likeness (QED) is 0.837. The maximum atomic E-state index is 12.5. The van der Waals surface area contributed by atoms with E-state index in [9.17, 15) is 9.59 Å². The fourth-order valence-electron chi connectivity index (χ4n) is 3.16. The molecule has 1 heterocycles. The van der Waals surface area contributed by atoms with Gasteiger partial charge in [0, 0.05) is 26.6 Å². The topological polar surface area (TPSA) is 58.6 Å². The van der Waals surface area contributed by atoms with Gasteiger partial charge in [-0.3, -0.25) is 9.59 Å². The van der Waals surface area contributed by atoms with Gasteiger partial charge in [-0.2, -0.15) is 0 Å². The van der Waals surface area contributed by atoms with E-state index in [-0.39, 0.29) is 30.2 Å². The molecule has 0 spiro atoms. The average Bonchev–Trinajstić information content (AvgIpc) is 2.87. The third-order valence-electron chi connectivity index (χ3n) is 4.36. The number of carbonyl (C=O) groups is 2. The van der Waals surface area contributed by atoms with E-state index in [0.717, 1.165) is 17.5 Å². The van der Waals surface area contributed by atoms with Crippen LogP contribution in [0.1, 0.15) is 36.9 Å². The maximum absolute atomic E-state index is 12.5. The number of hydrogen-bond donors (Lipinski definition) is 1. The highest BCUT2D eigenvalue weighted by atomic mass is 16.5. The average molecular weight is 318 g/mol. The SMILES string of the molecule is CCCNC(=O)[C@@H]1CC(=O)N(CCOC)[C@H]1c1ccccc1C. The van der Waals surface area contributed by atoms with Crippen LogP contribution in [0.2, 0.25) is 0 Å². The van der Waals surface area contributed by atoms with E-state index in [1.807, 2.05) is 38.1 Å². The number of benzene rings is 1. The molecule has 23 heavy (non-hydrogen) atoms. The van der Waals surface area contributed by atoms with Crippen molar-refractivity contribution >= 4 is 11.8 Å². The van der Waals surface area contributed by atoms with Gasteiger partial charge >= 0.3 is 0 Å². The third kappa shape index (κ3) is 3.91. The molecule has 0 saturated carbocycles. The Kier molecular flexibility index (Phi) is 6.16. The molecule has 2 rings (SSSR count). The summed E-state index contributed by atoms with van der Waals surface area (Å²) in [6, 6.07) is 7.75. The molecular formula is C18H26N2O3. The molecule has 1 aliphatic heterocycles. The lowest BCUT2D eigenvalue weighted by atomic mass is 9.90. The second-order valence-electron chi connectivity index (χ2n) is 5.98. The van der Waals surface area contributed by atoms with Crippen LogP contribution in [0.25, 0.3) is 0 Å². The number of ether oxygens (including phenoxy) is 1. The molecule has 1 aromatic rings. The fraction of sp³-hybridized carbons (Fsp3) is 0.556. The molecule has 2 amide bonds. The van der Waals surface area contributed by atoms with Crippen LogP contribution in [0.3, 0.4) is 0 Å². The number of carbonyl (C=O) groups excluding carboxylic acids is 2. The van der Waals surface area contributed by atoms with Gasteiger partial charge in [-0.25, -0.2) is 0 Å². The maximum Gasteiger partial charge on any atom is 0.226 e. The van der Waals surface area contributed by atoms with Crippen molar-refractivity contribution in [1.82, 2.24) is 10.2 Å². The van der Waals surface area contributed by atoms with Gasteiger partial charge in [0.1, 0.15) is 0 Å². The Hall–Kier alpha value is -1.88. The second kappa shape index (κ2) is 8.11. The summed E-state index contributed by atoms with van der Waals surface area (Å²) in [5, 5.41) is 2.94. The Morgan fingerprint density at radius 2 is 2.13 bits per heavy atom. The minimum atomic E-state index is -0.341. The number of aryl methyl sites for hydroxylation is 1. The first kappa shape index (κ1) is 17.5. The highest BCUT2D eigenvalue weighted by molar-refractivity contribution is 5.90. The predicted octanol–water partition coefficient (Wildman–Crippen LogP) is 2.06. The zero-order chi connectivity index (χ0) is 16.8. The van der Waals surface area contributed by atoms with Gasteiger partial charge in [-0.05, 0) is 24.5 Å². The zero-order valence-corrected chi connectivity index (χ0v) is 14.2. The predicted molar refractivity (Wildman–Crippen MR) is 88.9 cm³/mol. The van der Waals surface area contributed by atoms with Crippen LogP contribution in [0, 0.1) is 12.8 Å². The molecular weight excluding hydrogens is 292 g/mol. The first-order chi connectivity index (χ1) is 11.1. The summed E-state index contributed by atoms with van der Waals surface area (Å²) in [5.41, 5.74) is 2.15. The largest absolute Gasteiger partial charge is 0.383 e. The summed E-state index contributed by atoms with van der Waals surface area (Å²) in [4.78, 5) is 26.8. The van der Waals surface area contributed by atoms with Crippen LogP contribution in [0.5, 0.6) is 0 Å². The van der Waals surface area contributed by atoms with E-state index in [4.69, 9.17) is 4.74 Å². The van der Waals surface area contributed by atoms with Crippen molar-refractivity contribution in [3.05, 3.63) is 35.4 Å². The van der Waals surface area contributed by atoms with E-state index >= 15 is 0 Å². The van der Waals surface area contributed by atoms with Crippen molar-refractivity contribution in [2.24, 2.45) is 5.92 Å². The number of nitrogens with zero attached hydrogens (tertiary/aromatic N) is 1. The Labute approximate surface area is 138 Å². The van der Waals surface area contributed by atoms with E-state index in [1.54, 1.807) is 12.0 Å². The minimum absolute atomic E-state index is 0.0203. The molecule has 0 radical (unpaired) electrons. The van der Waals surface area contributed by atoms with Crippen molar-refractivity contribution in [2.45, 2.75) is 32.7 Å². The lowest BCUT2D eigenvalue weighted by Crippen LogP contribution is -2.37. The lowest BCUT2D eigenvalue weighted by molar-refractivity contribution is -0.129. The highest BCUT2D eigenvalue weighted by Gasteiger charge is 2.44. The summed E-state index contributed by atoms with van der Waals surface area (Å²) < 4.78 is 5.13. The van der Waals surface area contributed by atoms with Gasteiger partial charge in [0.25, 0.3) is 0 Å². The molecule has 2 atom stereocenters. The number of amides is 2. The van der Waals surface area contributed by atoms with Crippen molar-refractivity contribution in [3.63, 3.8) is 0 Å². The number of methoxy groups -OCH3 is 1. The Balaban J connectivity index is 2.32. The molecule has 0 bridgehead atoms. The third-order valence-corrected chi connectivity index (χ3v) is 4.36. The van der Waals surface area contributed by atoms with Crippen LogP contribution in [0.4, 0.5) is 0 Å². The van der Waals surface area contributed by atoms with E-state index in [1.165, 1.54) is 0 Å². The number of rotatable bonds is 7. The molecule has 5 nitrogen and oxygen atoms in total. The second-order valence-corrected chi connectivity index (χ2v) is 5.98. The van der Waals surface area contributed by atoms with Crippen molar-refractivity contribution in [3.8, 4) is 0 Å². The van der Waals surface area contributed by atoms with Crippen LogP contribution in [0.15, 0.2) is 24.3 Å². The molecule has 1 aromatic carbocycles. The molecule has 0 unspecified atom stereocenters. The van der Waals surface area contributed by atoms with Crippen molar-refractivity contribution in [1.29, 1.82) is 0 Å². The first-order valence-corrected chi connectivity index (χ1v) is 8.21. The molecule has 1 saturated heterocycles. The standard InChI is InChI=1S/C18H26N2O3/c1-4-9-19-18(22)15-12-16(21)20(10-11-23-3)17(15)14-8-6-5-7-13(14)2/h5-8,15,17H,4,9-12H2,1-3H3,(H,19,22)/t15-,17+/m1/s1. The van der Waals surface area contributed by atoms with Gasteiger partial charge in [0.2, 0.25) is 11.8 Å². The first-order valence-electron chi connectivity index (χ1n) is 8.21. The Morgan fingerprint density at radius 1 is 1.39 bits per heavy atom. The number of hydrogen-bond acceptors (Lipinski definition) is 3. The van der Waals surface area contributed by atoms with E-state index < -0.39 is 0 Å². The highest BCUT2D eigenvalue weighted by Crippen LogP contribution is 2.39. The summed E-state index contributed by atoms with van der Waals surface area (Å²) in [6.45, 7) is 5.66. The molecule has 1 N–H and O–H groups in total. The normalized spacial score (nSPS) is 20.8. The van der Waals surface area contributed by atoms with Crippen LogP contribution >= 0.6 is 0 Å². The van der Waals surface area contributed by atoms with E-state index in [2.05, 4.69) is 5.32 Å². The van der Waals surface area contributed by atoms with Gasteiger partial charge in [0.15, 0.2) is 0 Å². The van der Waals surface area contributed by atoms with Gasteiger partial charge < -0.3 is 15.0 Å². The Morgan fingerprint density at radius 3 is 2.78 bits per heavy atom. The number of nitrogens with one attached hydrogen (secondary N) is 1. The Bertz CT molecular complexity index is 559. The molecule has 0 aliphatic carbocycles. The van der Waals surface area contributed by atoms with Crippen molar-refractivity contribution < 1.29 is 14.3 Å². The summed E-state index contributed by atoms with van der Waals surface area (Å²) >= 11 is 0. The monoisotopic (exact) mass is 318 g/mol. The molecule has 5 heteroatoms. The van der Waals surface area contributed by atoms with Crippen molar-refractivity contribution in [2.75, 3.05) is 26.8 Å². The lowest BCUT2D eigenvalue weighted by Gasteiger charge is -2.29. The van der Waals surface area contributed by atoms with Crippen LogP contribution in [-0.2, 0) is 14.3 Å². The van der Waals surface area contributed by atoms with Crippen LogP contribution < -0.4 is 5.32 Å². The smallest absolute Gasteiger partial charge is 0.226 e. The van der Waals surface area contributed by atoms with Gasteiger partial charge in [-0.1, -0.05) is 31.2 Å². The van der Waals surface area contributed by atoms with Gasteiger partial charge in [0.05, 0.1) is 18.6 Å². The van der Waals surface area contributed by atoms with E-state index in [0.29, 0.717) is 19.7 Å². The fourth-order valence-corrected chi connectivity index (χ4v) is 3.16. The van der Waals surface area contributed by atoms with Crippen LogP contribution in [-0.4, -0.2) is 43.5 Å². The summed E-state index contributed by atoms with van der Waals surface area (Å²) in [5.74, 6) is -0.354. The summed E-state index contributed by atoms with van der Waals surface area (Å²) in [6.07, 6.45) is 1.15. The molecule has 126 valence electrons. The van der Waals surface area contributed by atoms with Gasteiger partial charge in [-0.15, -0.1) is 0 Å². The number of likely N-dealkylation sites (tertiary alicyclic amines) is 1. The zero-order valence-electron chi connectivity index (χ0n) is 14.2. The molecule has 0 aromatic heterocycles. The summed E-state index contributed by atoms with van der Waals surface area (Å²) in [7, 11) is 1.62. The minimum Gasteiger partial charge on any atom is -0.383 e.